The van der Waals surface area contributed by atoms with Gasteiger partial charge in [0.15, 0.2) is 0 Å². The number of carbonyl (C=O) groups is 1. The number of amides is 1. The summed E-state index contributed by atoms with van der Waals surface area (Å²) in [6.07, 6.45) is 0.670. The molecule has 1 aliphatic rings. The molecule has 0 saturated heterocycles. The van der Waals surface area contributed by atoms with Crippen molar-refractivity contribution in [1.82, 2.24) is 14.9 Å². The molecule has 0 bridgehead atoms. The summed E-state index contributed by atoms with van der Waals surface area (Å²) in [6.45, 7) is 2.85. The van der Waals surface area contributed by atoms with Crippen LogP contribution in [-0.4, -0.2) is 29.2 Å². The van der Waals surface area contributed by atoms with Crippen molar-refractivity contribution < 1.29 is 14.3 Å². The van der Waals surface area contributed by atoms with Crippen LogP contribution in [0, 0.1) is 12.8 Å². The van der Waals surface area contributed by atoms with E-state index in [0.29, 0.717) is 19.6 Å². The van der Waals surface area contributed by atoms with Gasteiger partial charge in [-0.3, -0.25) is 4.79 Å². The Bertz CT molecular complexity index is 1010. The van der Waals surface area contributed by atoms with Gasteiger partial charge < -0.3 is 19.4 Å². The number of nitrogens with zero attached hydrogens (tertiary/aromatic N) is 2. The van der Waals surface area contributed by atoms with E-state index in [1.807, 2.05) is 50.4 Å². The molecule has 2 heterocycles. The highest BCUT2D eigenvalue weighted by Crippen LogP contribution is 2.31. The first-order valence-electron chi connectivity index (χ1n) is 9.04. The highest BCUT2D eigenvalue weighted by atomic mass is 16.5. The predicted octanol–water partition coefficient (Wildman–Crippen LogP) is 2.76. The van der Waals surface area contributed by atoms with E-state index in [0.717, 1.165) is 39.5 Å². The minimum atomic E-state index is -0.188. The molecule has 2 aromatic carbocycles. The molecule has 1 atom stereocenters. The lowest BCUT2D eigenvalue weighted by molar-refractivity contribution is -0.126. The van der Waals surface area contributed by atoms with Crippen LogP contribution in [0.4, 0.5) is 0 Å². The SMILES string of the molecule is COc1ccc2c(c1)OCC(C(=O)NCc1ccc3c(c1)nc(C)n3C)C2. The summed E-state index contributed by atoms with van der Waals surface area (Å²) < 4.78 is 13.0. The molecule has 4 rings (SSSR count). The van der Waals surface area contributed by atoms with Crippen molar-refractivity contribution in [3.8, 4) is 11.5 Å². The number of hydrogen-bond donors (Lipinski definition) is 1. The summed E-state index contributed by atoms with van der Waals surface area (Å²) in [4.78, 5) is 17.1. The molecule has 27 heavy (non-hydrogen) atoms. The lowest BCUT2D eigenvalue weighted by Crippen LogP contribution is -2.37. The van der Waals surface area contributed by atoms with Crippen molar-refractivity contribution in [3.63, 3.8) is 0 Å². The van der Waals surface area contributed by atoms with E-state index in [2.05, 4.69) is 14.9 Å². The van der Waals surface area contributed by atoms with Crippen LogP contribution in [0.25, 0.3) is 11.0 Å². The number of aryl methyl sites for hydroxylation is 2. The number of imidazole rings is 1. The van der Waals surface area contributed by atoms with Crippen LogP contribution in [0.1, 0.15) is 17.0 Å². The van der Waals surface area contributed by atoms with Gasteiger partial charge in [-0.1, -0.05) is 12.1 Å². The molecular formula is C21H23N3O3. The second kappa shape index (κ2) is 6.95. The molecule has 6 heteroatoms. The number of hydrogen-bond acceptors (Lipinski definition) is 4. The Hall–Kier alpha value is -3.02. The fourth-order valence-electron chi connectivity index (χ4n) is 3.46. The molecule has 0 fully saturated rings. The van der Waals surface area contributed by atoms with Crippen molar-refractivity contribution in [1.29, 1.82) is 0 Å². The topological polar surface area (TPSA) is 65.4 Å². The quantitative estimate of drug-likeness (QED) is 0.772. The van der Waals surface area contributed by atoms with Crippen molar-refractivity contribution >= 4 is 16.9 Å². The van der Waals surface area contributed by atoms with Gasteiger partial charge in [-0.15, -0.1) is 0 Å². The summed E-state index contributed by atoms with van der Waals surface area (Å²) in [5.41, 5.74) is 4.12. The third-order valence-corrected chi connectivity index (χ3v) is 5.19. The van der Waals surface area contributed by atoms with Crippen LogP contribution in [0.3, 0.4) is 0 Å². The summed E-state index contributed by atoms with van der Waals surface area (Å²) >= 11 is 0. The molecule has 6 nitrogen and oxygen atoms in total. The maximum absolute atomic E-state index is 12.6. The average molecular weight is 365 g/mol. The standard InChI is InChI=1S/C21H23N3O3/c1-13-23-18-8-14(4-7-19(18)24(13)2)11-22-21(25)16-9-15-5-6-17(26-3)10-20(15)27-12-16/h4-8,10,16H,9,11-12H2,1-3H3,(H,22,25). The van der Waals surface area contributed by atoms with Crippen LogP contribution in [0.5, 0.6) is 11.5 Å². The molecule has 0 saturated carbocycles. The van der Waals surface area contributed by atoms with E-state index in [-0.39, 0.29) is 11.8 Å². The van der Waals surface area contributed by atoms with Gasteiger partial charge in [0.2, 0.25) is 5.91 Å². The lowest BCUT2D eigenvalue weighted by atomic mass is 9.96. The summed E-state index contributed by atoms with van der Waals surface area (Å²) in [5.74, 6) is 2.35. The summed E-state index contributed by atoms with van der Waals surface area (Å²) in [6, 6.07) is 11.8. The maximum atomic E-state index is 12.6. The maximum Gasteiger partial charge on any atom is 0.227 e. The zero-order valence-electron chi connectivity index (χ0n) is 15.8. The van der Waals surface area contributed by atoms with E-state index in [4.69, 9.17) is 9.47 Å². The van der Waals surface area contributed by atoms with Crippen LogP contribution in [0.15, 0.2) is 36.4 Å². The van der Waals surface area contributed by atoms with E-state index >= 15 is 0 Å². The van der Waals surface area contributed by atoms with Crippen LogP contribution < -0.4 is 14.8 Å². The molecule has 1 aliphatic heterocycles. The second-order valence-corrected chi connectivity index (χ2v) is 6.94. The average Bonchev–Trinajstić information content (AvgIpc) is 2.98. The second-order valence-electron chi connectivity index (χ2n) is 6.94. The highest BCUT2D eigenvalue weighted by molar-refractivity contribution is 5.80. The molecule has 3 aromatic rings. The van der Waals surface area contributed by atoms with E-state index < -0.39 is 0 Å². The monoisotopic (exact) mass is 365 g/mol. The van der Waals surface area contributed by atoms with Gasteiger partial charge in [-0.05, 0) is 42.7 Å². The first kappa shape index (κ1) is 17.4. The number of benzene rings is 2. The fourth-order valence-corrected chi connectivity index (χ4v) is 3.46. The number of carbonyl (C=O) groups excluding carboxylic acids is 1. The lowest BCUT2D eigenvalue weighted by Gasteiger charge is -2.25. The van der Waals surface area contributed by atoms with Crippen LogP contribution in [-0.2, 0) is 24.8 Å². The third-order valence-electron chi connectivity index (χ3n) is 5.19. The number of aromatic nitrogens is 2. The number of ether oxygens (including phenoxy) is 2. The molecule has 0 spiro atoms. The zero-order valence-corrected chi connectivity index (χ0v) is 15.8. The number of rotatable bonds is 4. The Morgan fingerprint density at radius 2 is 2.19 bits per heavy atom. The Labute approximate surface area is 158 Å². The van der Waals surface area contributed by atoms with Gasteiger partial charge in [-0.25, -0.2) is 4.98 Å². The van der Waals surface area contributed by atoms with Crippen molar-refractivity contribution in [2.24, 2.45) is 13.0 Å². The van der Waals surface area contributed by atoms with Gasteiger partial charge in [-0.2, -0.15) is 0 Å². The smallest absolute Gasteiger partial charge is 0.227 e. The molecule has 1 aromatic heterocycles. The van der Waals surface area contributed by atoms with E-state index in [9.17, 15) is 4.79 Å². The Morgan fingerprint density at radius 1 is 1.33 bits per heavy atom. The number of fused-ring (bicyclic) bond motifs is 2. The first-order chi connectivity index (χ1) is 13.0. The van der Waals surface area contributed by atoms with Crippen LogP contribution in [0.2, 0.25) is 0 Å². The normalized spacial score (nSPS) is 15.9. The minimum absolute atomic E-state index is 0.00812. The molecule has 0 aliphatic carbocycles. The molecular weight excluding hydrogens is 342 g/mol. The largest absolute Gasteiger partial charge is 0.497 e. The molecule has 1 amide bonds. The van der Waals surface area contributed by atoms with Crippen molar-refractivity contribution in [3.05, 3.63) is 53.3 Å². The summed E-state index contributed by atoms with van der Waals surface area (Å²) in [7, 11) is 3.63. The Kier molecular flexibility index (Phi) is 4.48. The first-order valence-corrected chi connectivity index (χ1v) is 9.04. The third kappa shape index (κ3) is 3.35. The van der Waals surface area contributed by atoms with Crippen molar-refractivity contribution in [2.45, 2.75) is 19.9 Å². The molecule has 140 valence electrons. The van der Waals surface area contributed by atoms with Crippen molar-refractivity contribution in [2.75, 3.05) is 13.7 Å². The van der Waals surface area contributed by atoms with Gasteiger partial charge in [0.05, 0.1) is 24.1 Å². The van der Waals surface area contributed by atoms with Gasteiger partial charge in [0.1, 0.15) is 23.9 Å². The fraction of sp³-hybridized carbons (Fsp3) is 0.333. The Morgan fingerprint density at radius 3 is 3.00 bits per heavy atom. The number of methoxy groups -OCH3 is 1. The molecule has 0 radical (unpaired) electrons. The Balaban J connectivity index is 1.41. The zero-order chi connectivity index (χ0) is 19.0. The molecule has 1 unspecified atom stereocenters. The summed E-state index contributed by atoms with van der Waals surface area (Å²) in [5, 5.41) is 3.03. The van der Waals surface area contributed by atoms with Gasteiger partial charge in [0, 0.05) is 19.7 Å². The van der Waals surface area contributed by atoms with Gasteiger partial charge >= 0.3 is 0 Å². The number of nitrogens with one attached hydrogen (secondary N) is 1. The minimum Gasteiger partial charge on any atom is -0.497 e. The van der Waals surface area contributed by atoms with Gasteiger partial charge in [0.25, 0.3) is 0 Å². The predicted molar refractivity (Wildman–Crippen MR) is 103 cm³/mol. The van der Waals surface area contributed by atoms with E-state index in [1.165, 1.54) is 0 Å². The highest BCUT2D eigenvalue weighted by Gasteiger charge is 2.26. The van der Waals surface area contributed by atoms with E-state index in [1.54, 1.807) is 7.11 Å². The molecule has 1 N–H and O–H groups in total. The van der Waals surface area contributed by atoms with Crippen LogP contribution >= 0.6 is 0 Å².